The van der Waals surface area contributed by atoms with Crippen molar-refractivity contribution in [2.75, 3.05) is 0 Å². The molecule has 2 amide bonds. The molecule has 1 unspecified atom stereocenters. The highest BCUT2D eigenvalue weighted by atomic mass is 19.4. The van der Waals surface area contributed by atoms with Crippen LogP contribution < -0.4 is 5.32 Å². The Bertz CT molecular complexity index is 185. The Balaban J connectivity index is 2.63. The van der Waals surface area contributed by atoms with Crippen molar-refractivity contribution >= 4 is 12.2 Å². The topological polar surface area (TPSA) is 43.5 Å². The summed E-state index contributed by atoms with van der Waals surface area (Å²) in [5.41, 5.74) is 0. The zero-order chi connectivity index (χ0) is 7.78. The lowest BCUT2D eigenvalue weighted by Gasteiger charge is -2.08. The van der Waals surface area contributed by atoms with Crippen molar-refractivity contribution in [3.8, 4) is 0 Å². The van der Waals surface area contributed by atoms with Crippen molar-refractivity contribution in [3.05, 3.63) is 0 Å². The molecule has 10 heavy (non-hydrogen) atoms. The fourth-order valence-electron chi connectivity index (χ4n) is 0.478. The zero-order valence-corrected chi connectivity index (χ0v) is 4.59. The highest BCUT2D eigenvalue weighted by Gasteiger charge is 2.43. The first-order valence-corrected chi connectivity index (χ1v) is 2.36. The molecular formula is C4H2F3N2O. The molecule has 1 atom stereocenters. The minimum Gasteiger partial charge on any atom is -0.244 e. The number of aliphatic imine (C=N–C) groups is 1. The van der Waals surface area contributed by atoms with Gasteiger partial charge in [0.2, 0.25) is 0 Å². The quantitative estimate of drug-likeness (QED) is 0.503. The number of urea groups is 1. The predicted octanol–water partition coefficient (Wildman–Crippen LogP) is 0.726. The van der Waals surface area contributed by atoms with Crippen molar-refractivity contribution < 1.29 is 18.0 Å². The van der Waals surface area contributed by atoms with Crippen LogP contribution in [0, 0.1) is 0 Å². The summed E-state index contributed by atoms with van der Waals surface area (Å²) < 4.78 is 34.8. The Labute approximate surface area is 53.9 Å². The van der Waals surface area contributed by atoms with E-state index in [1.807, 2.05) is 0 Å². The Hall–Kier alpha value is -1.07. The number of hydrogen-bond donors (Lipinski definition) is 0. The van der Waals surface area contributed by atoms with Gasteiger partial charge in [-0.1, -0.05) is 0 Å². The van der Waals surface area contributed by atoms with Gasteiger partial charge < -0.3 is 0 Å². The summed E-state index contributed by atoms with van der Waals surface area (Å²) in [7, 11) is 0. The van der Waals surface area contributed by atoms with E-state index in [2.05, 4.69) is 10.3 Å². The molecule has 0 N–H and O–H groups in total. The molecule has 0 aromatic heterocycles. The minimum atomic E-state index is -4.48. The third-order valence-corrected chi connectivity index (χ3v) is 0.911. The molecule has 1 aliphatic heterocycles. The molecule has 0 aromatic carbocycles. The number of hydrogen-bond acceptors (Lipinski definition) is 1. The fourth-order valence-corrected chi connectivity index (χ4v) is 0.478. The molecule has 0 fully saturated rings. The number of halogens is 3. The predicted molar refractivity (Wildman–Crippen MR) is 25.9 cm³/mol. The van der Waals surface area contributed by atoms with Crippen LogP contribution >= 0.6 is 0 Å². The van der Waals surface area contributed by atoms with Crippen molar-refractivity contribution in [2.24, 2.45) is 4.99 Å². The van der Waals surface area contributed by atoms with Gasteiger partial charge in [0.15, 0.2) is 6.04 Å². The molecule has 1 rings (SSSR count). The highest BCUT2D eigenvalue weighted by molar-refractivity contribution is 5.93. The van der Waals surface area contributed by atoms with Crippen LogP contribution in [0.15, 0.2) is 4.99 Å². The lowest BCUT2D eigenvalue weighted by molar-refractivity contribution is -0.135. The molecule has 1 heterocycles. The monoisotopic (exact) mass is 151 g/mol. The van der Waals surface area contributed by atoms with Crippen LogP contribution in [0.25, 0.3) is 0 Å². The number of carbonyl (C=O) groups is 1. The molecule has 0 aliphatic carbocycles. The second-order valence-corrected chi connectivity index (χ2v) is 1.68. The summed E-state index contributed by atoms with van der Waals surface area (Å²) in [4.78, 5) is 12.9. The lowest BCUT2D eigenvalue weighted by Crippen LogP contribution is -2.36. The van der Waals surface area contributed by atoms with Crippen LogP contribution in [0.3, 0.4) is 0 Å². The standard InChI is InChI=1S/C4H2F3N2O/c5-4(6,7)2-1-8-3(10)9-2/h1-2H. The molecule has 0 saturated heterocycles. The molecule has 1 radical (unpaired) electrons. The van der Waals surface area contributed by atoms with Gasteiger partial charge in [0.25, 0.3) is 0 Å². The average molecular weight is 151 g/mol. The van der Waals surface area contributed by atoms with Gasteiger partial charge in [-0.25, -0.2) is 15.1 Å². The molecule has 6 heteroatoms. The van der Waals surface area contributed by atoms with E-state index in [1.54, 1.807) is 0 Å². The Morgan fingerprint density at radius 3 is 2.30 bits per heavy atom. The van der Waals surface area contributed by atoms with E-state index < -0.39 is 18.2 Å². The summed E-state index contributed by atoms with van der Waals surface area (Å²) in [5, 5.41) is 2.67. The van der Waals surface area contributed by atoms with Crippen LogP contribution in [0.1, 0.15) is 0 Å². The Morgan fingerprint density at radius 2 is 2.10 bits per heavy atom. The average Bonchev–Trinajstić information content (AvgIpc) is 2.11. The van der Waals surface area contributed by atoms with E-state index >= 15 is 0 Å². The van der Waals surface area contributed by atoms with Crippen molar-refractivity contribution in [1.82, 2.24) is 5.32 Å². The van der Waals surface area contributed by atoms with Gasteiger partial charge in [-0.3, -0.25) is 0 Å². The highest BCUT2D eigenvalue weighted by Crippen LogP contribution is 2.21. The maximum absolute atomic E-state index is 11.6. The van der Waals surface area contributed by atoms with Gasteiger partial charge in [-0.2, -0.15) is 13.2 Å². The van der Waals surface area contributed by atoms with Crippen molar-refractivity contribution in [3.63, 3.8) is 0 Å². The molecular weight excluding hydrogens is 149 g/mol. The van der Waals surface area contributed by atoms with Crippen LogP contribution in [-0.4, -0.2) is 24.5 Å². The van der Waals surface area contributed by atoms with Gasteiger partial charge in [-0.05, 0) is 0 Å². The SMILES string of the molecule is O=C1[N]C(C(F)(F)F)C=N1. The lowest BCUT2D eigenvalue weighted by atomic mass is 10.3. The molecule has 55 valence electrons. The molecule has 0 saturated carbocycles. The number of rotatable bonds is 0. The summed E-state index contributed by atoms with van der Waals surface area (Å²) in [6.45, 7) is 0. The van der Waals surface area contributed by atoms with Crippen LogP contribution in [0.2, 0.25) is 0 Å². The Morgan fingerprint density at radius 1 is 1.50 bits per heavy atom. The summed E-state index contributed by atoms with van der Waals surface area (Å²) >= 11 is 0. The van der Waals surface area contributed by atoms with Gasteiger partial charge in [-0.15, -0.1) is 0 Å². The van der Waals surface area contributed by atoms with Gasteiger partial charge >= 0.3 is 12.2 Å². The van der Waals surface area contributed by atoms with Gasteiger partial charge in [0.05, 0.1) is 0 Å². The first-order chi connectivity index (χ1) is 4.50. The van der Waals surface area contributed by atoms with Gasteiger partial charge in [0.1, 0.15) is 0 Å². The normalized spacial score (nSPS) is 25.1. The van der Waals surface area contributed by atoms with E-state index in [1.165, 1.54) is 0 Å². The number of amides is 2. The minimum absolute atomic E-state index is 0.488. The number of nitrogens with zero attached hydrogens (tertiary/aromatic N) is 2. The van der Waals surface area contributed by atoms with Crippen LogP contribution in [0.4, 0.5) is 18.0 Å². The molecule has 3 nitrogen and oxygen atoms in total. The van der Waals surface area contributed by atoms with Gasteiger partial charge in [0, 0.05) is 6.21 Å². The summed E-state index contributed by atoms with van der Waals surface area (Å²) in [6.07, 6.45) is -3.99. The Kier molecular flexibility index (Phi) is 1.38. The molecule has 0 bridgehead atoms. The largest absolute Gasteiger partial charge is 0.416 e. The number of alkyl halides is 3. The second-order valence-electron chi connectivity index (χ2n) is 1.68. The molecule has 1 aliphatic rings. The number of carbonyl (C=O) groups excluding carboxylic acids is 1. The third-order valence-electron chi connectivity index (χ3n) is 0.911. The van der Waals surface area contributed by atoms with Crippen LogP contribution in [0.5, 0.6) is 0 Å². The molecule has 0 aromatic rings. The van der Waals surface area contributed by atoms with E-state index in [0.717, 1.165) is 0 Å². The summed E-state index contributed by atoms with van der Waals surface area (Å²) in [5.74, 6) is 0. The second kappa shape index (κ2) is 1.96. The maximum atomic E-state index is 11.6. The summed E-state index contributed by atoms with van der Waals surface area (Å²) in [6, 6.07) is -3.10. The van der Waals surface area contributed by atoms with Crippen molar-refractivity contribution in [2.45, 2.75) is 12.2 Å². The fraction of sp³-hybridized carbons (Fsp3) is 0.500. The van der Waals surface area contributed by atoms with E-state index in [-0.39, 0.29) is 0 Å². The first kappa shape index (κ1) is 7.04. The van der Waals surface area contributed by atoms with E-state index in [4.69, 9.17) is 0 Å². The first-order valence-electron chi connectivity index (χ1n) is 2.36. The van der Waals surface area contributed by atoms with Crippen molar-refractivity contribution in [1.29, 1.82) is 0 Å². The van der Waals surface area contributed by atoms with Crippen LogP contribution in [-0.2, 0) is 0 Å². The van der Waals surface area contributed by atoms with E-state index in [0.29, 0.717) is 6.21 Å². The zero-order valence-electron chi connectivity index (χ0n) is 4.59. The molecule has 0 spiro atoms. The third kappa shape index (κ3) is 1.26. The smallest absolute Gasteiger partial charge is 0.244 e. The maximum Gasteiger partial charge on any atom is 0.416 e. The van der Waals surface area contributed by atoms with E-state index in [9.17, 15) is 18.0 Å².